The van der Waals surface area contributed by atoms with Gasteiger partial charge in [0.25, 0.3) is 0 Å². The standard InChI is InChI=1S/C24H32ClN5O3/c1-18(27-11-7-21(8-12-27)30-14-10-26-24(30)33)29-16-15-28(13-9-23(29)32)22(31)6-5-19-3-2-4-20(25)17-19/h2-6,17-18,21H,7-16H2,1H3,(H,26,33)/b6-5+. The van der Waals surface area contributed by atoms with Gasteiger partial charge in [-0.25, -0.2) is 4.79 Å². The Labute approximate surface area is 200 Å². The Balaban J connectivity index is 1.30. The third-order valence-electron chi connectivity index (χ3n) is 6.91. The normalized spacial score (nSPS) is 22.1. The van der Waals surface area contributed by atoms with Gasteiger partial charge < -0.3 is 20.0 Å². The van der Waals surface area contributed by atoms with Gasteiger partial charge in [-0.2, -0.15) is 0 Å². The summed E-state index contributed by atoms with van der Waals surface area (Å²) in [6, 6.07) is 7.65. The lowest BCUT2D eigenvalue weighted by Crippen LogP contribution is -2.54. The van der Waals surface area contributed by atoms with Crippen LogP contribution in [0.4, 0.5) is 4.79 Å². The summed E-state index contributed by atoms with van der Waals surface area (Å²) < 4.78 is 0. The summed E-state index contributed by atoms with van der Waals surface area (Å²) in [5.41, 5.74) is 0.867. The molecule has 1 aromatic carbocycles. The third-order valence-corrected chi connectivity index (χ3v) is 7.15. The molecule has 0 aliphatic carbocycles. The van der Waals surface area contributed by atoms with E-state index in [1.54, 1.807) is 29.2 Å². The number of piperidine rings is 1. The molecule has 4 amide bonds. The van der Waals surface area contributed by atoms with Gasteiger partial charge in [0.2, 0.25) is 11.8 Å². The zero-order valence-corrected chi connectivity index (χ0v) is 19.8. The number of likely N-dealkylation sites (tertiary alicyclic amines) is 1. The van der Waals surface area contributed by atoms with E-state index in [1.807, 2.05) is 21.9 Å². The molecule has 0 saturated carbocycles. The molecule has 33 heavy (non-hydrogen) atoms. The lowest BCUT2D eigenvalue weighted by atomic mass is 10.0. The molecule has 0 radical (unpaired) electrons. The van der Waals surface area contributed by atoms with Crippen molar-refractivity contribution in [2.45, 2.75) is 38.4 Å². The summed E-state index contributed by atoms with van der Waals surface area (Å²) >= 11 is 6.01. The van der Waals surface area contributed by atoms with Crippen LogP contribution in [-0.2, 0) is 9.59 Å². The molecule has 3 heterocycles. The van der Waals surface area contributed by atoms with Gasteiger partial charge >= 0.3 is 6.03 Å². The summed E-state index contributed by atoms with van der Waals surface area (Å²) in [7, 11) is 0. The first-order valence-electron chi connectivity index (χ1n) is 11.7. The highest BCUT2D eigenvalue weighted by molar-refractivity contribution is 6.30. The van der Waals surface area contributed by atoms with Crippen LogP contribution in [0.25, 0.3) is 6.08 Å². The Morgan fingerprint density at radius 3 is 2.61 bits per heavy atom. The number of halogens is 1. The summed E-state index contributed by atoms with van der Waals surface area (Å²) in [4.78, 5) is 45.4. The molecule has 3 fully saturated rings. The lowest BCUT2D eigenvalue weighted by molar-refractivity contribution is -0.136. The zero-order chi connectivity index (χ0) is 23.4. The van der Waals surface area contributed by atoms with Crippen molar-refractivity contribution >= 4 is 35.5 Å². The summed E-state index contributed by atoms with van der Waals surface area (Å²) in [5.74, 6) is -0.0142. The number of benzene rings is 1. The molecule has 1 N–H and O–H groups in total. The molecule has 178 valence electrons. The minimum Gasteiger partial charge on any atom is -0.337 e. The second-order valence-electron chi connectivity index (χ2n) is 8.88. The summed E-state index contributed by atoms with van der Waals surface area (Å²) in [5, 5.41) is 3.50. The fourth-order valence-corrected chi connectivity index (χ4v) is 5.14. The predicted molar refractivity (Wildman–Crippen MR) is 128 cm³/mol. The van der Waals surface area contributed by atoms with Crippen LogP contribution in [0.15, 0.2) is 30.3 Å². The van der Waals surface area contributed by atoms with Crippen molar-refractivity contribution in [2.24, 2.45) is 0 Å². The van der Waals surface area contributed by atoms with E-state index >= 15 is 0 Å². The molecule has 9 heteroatoms. The maximum absolute atomic E-state index is 12.9. The predicted octanol–water partition coefficient (Wildman–Crippen LogP) is 2.25. The van der Waals surface area contributed by atoms with Gasteiger partial charge in [0.15, 0.2) is 0 Å². The second kappa shape index (κ2) is 10.6. The van der Waals surface area contributed by atoms with Crippen molar-refractivity contribution < 1.29 is 14.4 Å². The monoisotopic (exact) mass is 473 g/mol. The van der Waals surface area contributed by atoms with Gasteiger partial charge in [-0.05, 0) is 43.5 Å². The van der Waals surface area contributed by atoms with Gasteiger partial charge in [-0.15, -0.1) is 0 Å². The minimum absolute atomic E-state index is 0.0251. The molecule has 8 nitrogen and oxygen atoms in total. The maximum Gasteiger partial charge on any atom is 0.317 e. The first kappa shape index (κ1) is 23.6. The van der Waals surface area contributed by atoms with E-state index in [2.05, 4.69) is 17.1 Å². The molecule has 0 bridgehead atoms. The molecule has 1 unspecified atom stereocenters. The van der Waals surface area contributed by atoms with E-state index in [9.17, 15) is 14.4 Å². The van der Waals surface area contributed by atoms with Crippen LogP contribution in [0, 0.1) is 0 Å². The Hall–Kier alpha value is -2.58. The Morgan fingerprint density at radius 1 is 1.12 bits per heavy atom. The maximum atomic E-state index is 12.9. The highest BCUT2D eigenvalue weighted by Crippen LogP contribution is 2.22. The van der Waals surface area contributed by atoms with Crippen molar-refractivity contribution in [3.05, 3.63) is 40.9 Å². The first-order chi connectivity index (χ1) is 15.9. The molecule has 4 rings (SSSR count). The quantitative estimate of drug-likeness (QED) is 0.665. The zero-order valence-electron chi connectivity index (χ0n) is 19.1. The average Bonchev–Trinajstić information content (AvgIpc) is 3.15. The van der Waals surface area contributed by atoms with Gasteiger partial charge in [0.1, 0.15) is 0 Å². The van der Waals surface area contributed by atoms with Crippen LogP contribution >= 0.6 is 11.6 Å². The molecule has 1 aromatic rings. The number of amides is 4. The van der Waals surface area contributed by atoms with Gasteiger partial charge in [0.05, 0.1) is 6.17 Å². The minimum atomic E-state index is -0.0954. The Morgan fingerprint density at radius 2 is 1.91 bits per heavy atom. The highest BCUT2D eigenvalue weighted by atomic mass is 35.5. The SMILES string of the molecule is CC(N1CCC(N2CCNC2=O)CC1)N1CCN(C(=O)/C=C/c2cccc(Cl)c2)CCC1=O. The topological polar surface area (TPSA) is 76.2 Å². The molecule has 1 atom stereocenters. The number of carbonyl (C=O) groups is 3. The van der Waals surface area contributed by atoms with Crippen LogP contribution in [0.3, 0.4) is 0 Å². The average molecular weight is 474 g/mol. The van der Waals surface area contributed by atoms with Crippen molar-refractivity contribution in [2.75, 3.05) is 45.8 Å². The molecule has 3 aliphatic rings. The van der Waals surface area contributed by atoms with Gasteiger partial charge in [-0.1, -0.05) is 23.7 Å². The third kappa shape index (κ3) is 5.68. The summed E-state index contributed by atoms with van der Waals surface area (Å²) in [6.07, 6.45) is 5.44. The fourth-order valence-electron chi connectivity index (χ4n) is 4.94. The van der Waals surface area contributed by atoms with Crippen LogP contribution in [0.5, 0.6) is 0 Å². The van der Waals surface area contributed by atoms with E-state index in [1.165, 1.54) is 0 Å². The van der Waals surface area contributed by atoms with E-state index < -0.39 is 0 Å². The molecule has 3 aliphatic heterocycles. The van der Waals surface area contributed by atoms with E-state index in [0.717, 1.165) is 44.6 Å². The first-order valence-corrected chi connectivity index (χ1v) is 12.1. The van der Waals surface area contributed by atoms with E-state index in [0.29, 0.717) is 31.1 Å². The lowest BCUT2D eigenvalue weighted by Gasteiger charge is -2.42. The number of carbonyl (C=O) groups excluding carboxylic acids is 3. The molecular formula is C24H32ClN5O3. The smallest absolute Gasteiger partial charge is 0.317 e. The molecule has 3 saturated heterocycles. The highest BCUT2D eigenvalue weighted by Gasteiger charge is 2.34. The van der Waals surface area contributed by atoms with Crippen molar-refractivity contribution in [1.82, 2.24) is 24.9 Å². The van der Waals surface area contributed by atoms with Crippen LogP contribution in [-0.4, -0.2) is 95.5 Å². The van der Waals surface area contributed by atoms with Gasteiger partial charge in [0, 0.05) is 69.4 Å². The Kier molecular flexibility index (Phi) is 7.55. The van der Waals surface area contributed by atoms with Crippen LogP contribution in [0.2, 0.25) is 5.02 Å². The number of nitrogens with zero attached hydrogens (tertiary/aromatic N) is 4. The van der Waals surface area contributed by atoms with E-state index in [-0.39, 0.29) is 30.1 Å². The van der Waals surface area contributed by atoms with E-state index in [4.69, 9.17) is 11.6 Å². The van der Waals surface area contributed by atoms with Crippen LogP contribution < -0.4 is 5.32 Å². The molecule has 0 aromatic heterocycles. The van der Waals surface area contributed by atoms with Crippen molar-refractivity contribution in [3.63, 3.8) is 0 Å². The van der Waals surface area contributed by atoms with Crippen molar-refractivity contribution in [3.8, 4) is 0 Å². The molecular weight excluding hydrogens is 442 g/mol. The van der Waals surface area contributed by atoms with Crippen LogP contribution in [0.1, 0.15) is 31.7 Å². The summed E-state index contributed by atoms with van der Waals surface area (Å²) in [6.45, 7) is 6.73. The molecule has 0 spiro atoms. The largest absolute Gasteiger partial charge is 0.337 e. The number of rotatable bonds is 5. The van der Waals surface area contributed by atoms with Gasteiger partial charge in [-0.3, -0.25) is 14.5 Å². The number of hydrogen-bond acceptors (Lipinski definition) is 4. The number of urea groups is 1. The number of nitrogens with one attached hydrogen (secondary N) is 1. The van der Waals surface area contributed by atoms with Crippen molar-refractivity contribution in [1.29, 1.82) is 0 Å². The second-order valence-corrected chi connectivity index (χ2v) is 9.31. The number of hydrogen-bond donors (Lipinski definition) is 1. The Bertz CT molecular complexity index is 915. The fraction of sp³-hybridized carbons (Fsp3) is 0.542.